The molecule has 2 N–H and O–H groups in total. The van der Waals surface area contributed by atoms with Gasteiger partial charge in [0.1, 0.15) is 9.96 Å². The molecule has 0 atom stereocenters. The molecule has 1 heterocycles. The molecule has 2 rings (SSSR count). The molecule has 9 heteroatoms. The van der Waals surface area contributed by atoms with E-state index in [1.807, 2.05) is 0 Å². The number of thiophene rings is 1. The number of amides is 1. The summed E-state index contributed by atoms with van der Waals surface area (Å²) in [6, 6.07) is 6.34. The largest absolute Gasteiger partial charge is 0.495 e. The number of rotatable bonds is 6. The van der Waals surface area contributed by atoms with Crippen molar-refractivity contribution in [2.24, 2.45) is 0 Å². The molecule has 2 aromatic rings. The standard InChI is InChI=1S/C14H15ClN2O4S2/c1-9-6-11(12(21-2)7-10(9)15)17-13(18)8-16-23(19,20)14-4-3-5-22-14/h3-7,16H,8H2,1-2H3,(H,17,18). The molecule has 0 unspecified atom stereocenters. The Balaban J connectivity index is 2.05. The van der Waals surface area contributed by atoms with Crippen LogP contribution in [0.25, 0.3) is 0 Å². The van der Waals surface area contributed by atoms with Gasteiger partial charge in [-0.3, -0.25) is 4.79 Å². The molecule has 0 aliphatic carbocycles. The van der Waals surface area contributed by atoms with Crippen LogP contribution in [0.5, 0.6) is 5.75 Å². The molecule has 1 aromatic carbocycles. The van der Waals surface area contributed by atoms with Crippen LogP contribution in [0, 0.1) is 6.92 Å². The highest BCUT2D eigenvalue weighted by molar-refractivity contribution is 7.91. The summed E-state index contributed by atoms with van der Waals surface area (Å²) in [5, 5.41) is 4.76. The molecule has 0 saturated heterocycles. The SMILES string of the molecule is COc1cc(Cl)c(C)cc1NC(=O)CNS(=O)(=O)c1cccs1. The van der Waals surface area contributed by atoms with E-state index in [-0.39, 0.29) is 10.8 Å². The van der Waals surface area contributed by atoms with Crippen molar-refractivity contribution in [3.63, 3.8) is 0 Å². The van der Waals surface area contributed by atoms with Crippen molar-refractivity contribution in [3.05, 3.63) is 40.2 Å². The average molecular weight is 375 g/mol. The van der Waals surface area contributed by atoms with Crippen LogP contribution in [0.1, 0.15) is 5.56 Å². The summed E-state index contributed by atoms with van der Waals surface area (Å²) in [7, 11) is -2.23. The van der Waals surface area contributed by atoms with Crippen LogP contribution < -0.4 is 14.8 Å². The first-order valence-electron chi connectivity index (χ1n) is 6.50. The first-order valence-corrected chi connectivity index (χ1v) is 9.24. The summed E-state index contributed by atoms with van der Waals surface area (Å²) in [6.45, 7) is 1.40. The number of carbonyl (C=O) groups excluding carboxylic acids is 1. The first kappa shape index (κ1) is 17.7. The Bertz CT molecular complexity index is 804. The average Bonchev–Trinajstić information content (AvgIpc) is 3.04. The van der Waals surface area contributed by atoms with Crippen LogP contribution >= 0.6 is 22.9 Å². The monoisotopic (exact) mass is 374 g/mol. The van der Waals surface area contributed by atoms with Gasteiger partial charge in [-0.1, -0.05) is 17.7 Å². The fourth-order valence-electron chi connectivity index (χ4n) is 1.77. The van der Waals surface area contributed by atoms with Gasteiger partial charge in [0.05, 0.1) is 19.3 Å². The minimum absolute atomic E-state index is 0.158. The van der Waals surface area contributed by atoms with Gasteiger partial charge < -0.3 is 10.1 Å². The van der Waals surface area contributed by atoms with Gasteiger partial charge in [-0.15, -0.1) is 11.3 Å². The Morgan fingerprint density at radius 1 is 1.39 bits per heavy atom. The predicted molar refractivity (Wildman–Crippen MR) is 90.9 cm³/mol. The van der Waals surface area contributed by atoms with Crippen LogP contribution in [0.4, 0.5) is 5.69 Å². The minimum atomic E-state index is -3.68. The summed E-state index contributed by atoms with van der Waals surface area (Å²) >= 11 is 7.07. The maximum atomic E-state index is 12.0. The number of sulfonamides is 1. The predicted octanol–water partition coefficient (Wildman–Crippen LogP) is 2.64. The second-order valence-corrected chi connectivity index (χ2v) is 7.96. The Hall–Kier alpha value is -1.61. The highest BCUT2D eigenvalue weighted by atomic mass is 35.5. The van der Waals surface area contributed by atoms with Crippen molar-refractivity contribution >= 4 is 44.6 Å². The third-order valence-corrected chi connectivity index (χ3v) is 6.14. The number of anilines is 1. The molecule has 0 spiro atoms. The van der Waals surface area contributed by atoms with Crippen molar-refractivity contribution in [2.45, 2.75) is 11.1 Å². The lowest BCUT2D eigenvalue weighted by molar-refractivity contribution is -0.115. The fraction of sp³-hybridized carbons (Fsp3) is 0.214. The van der Waals surface area contributed by atoms with Crippen LogP contribution in [0.3, 0.4) is 0 Å². The maximum Gasteiger partial charge on any atom is 0.250 e. The van der Waals surface area contributed by atoms with Gasteiger partial charge in [-0.2, -0.15) is 0 Å². The molecule has 0 bridgehead atoms. The van der Waals surface area contributed by atoms with Gasteiger partial charge in [-0.05, 0) is 30.0 Å². The van der Waals surface area contributed by atoms with Gasteiger partial charge in [0, 0.05) is 11.1 Å². The van der Waals surface area contributed by atoms with Crippen LogP contribution in [0.2, 0.25) is 5.02 Å². The number of benzene rings is 1. The Morgan fingerprint density at radius 3 is 2.74 bits per heavy atom. The van der Waals surface area contributed by atoms with Crippen molar-refractivity contribution in [1.82, 2.24) is 4.72 Å². The smallest absolute Gasteiger partial charge is 0.250 e. The van der Waals surface area contributed by atoms with Crippen LogP contribution in [-0.4, -0.2) is 28.0 Å². The number of methoxy groups -OCH3 is 1. The first-order chi connectivity index (χ1) is 10.8. The fourth-order valence-corrected chi connectivity index (χ4v) is 3.95. The van der Waals surface area contributed by atoms with Gasteiger partial charge in [0.15, 0.2) is 0 Å². The van der Waals surface area contributed by atoms with Crippen molar-refractivity contribution in [3.8, 4) is 5.75 Å². The third-order valence-electron chi connectivity index (χ3n) is 2.94. The number of ether oxygens (including phenoxy) is 1. The van der Waals surface area contributed by atoms with E-state index >= 15 is 0 Å². The molecule has 124 valence electrons. The molecule has 0 fully saturated rings. The second kappa shape index (κ2) is 7.31. The number of halogens is 1. The van der Waals surface area contributed by atoms with E-state index in [2.05, 4.69) is 10.0 Å². The number of carbonyl (C=O) groups is 1. The van der Waals surface area contributed by atoms with Gasteiger partial charge in [0.25, 0.3) is 10.0 Å². The zero-order valence-corrected chi connectivity index (χ0v) is 14.8. The van der Waals surface area contributed by atoms with E-state index in [0.717, 1.165) is 16.9 Å². The van der Waals surface area contributed by atoms with Gasteiger partial charge in [0.2, 0.25) is 5.91 Å². The van der Waals surface area contributed by atoms with E-state index in [0.29, 0.717) is 16.5 Å². The molecule has 6 nitrogen and oxygen atoms in total. The highest BCUT2D eigenvalue weighted by Gasteiger charge is 2.17. The molecule has 0 saturated carbocycles. The van der Waals surface area contributed by atoms with Crippen LogP contribution in [-0.2, 0) is 14.8 Å². The van der Waals surface area contributed by atoms with Crippen LogP contribution in [0.15, 0.2) is 33.9 Å². The summed E-state index contributed by atoms with van der Waals surface area (Å²) in [4.78, 5) is 12.0. The van der Waals surface area contributed by atoms with E-state index in [9.17, 15) is 13.2 Å². The highest BCUT2D eigenvalue weighted by Crippen LogP contribution is 2.30. The second-order valence-electron chi connectivity index (χ2n) is 4.61. The lowest BCUT2D eigenvalue weighted by atomic mass is 10.2. The topological polar surface area (TPSA) is 84.5 Å². The Kier molecular flexibility index (Phi) is 5.64. The maximum absolute atomic E-state index is 12.0. The molecular weight excluding hydrogens is 360 g/mol. The molecule has 0 radical (unpaired) electrons. The molecule has 1 amide bonds. The molecule has 23 heavy (non-hydrogen) atoms. The van der Waals surface area contributed by atoms with Crippen molar-refractivity contribution in [1.29, 1.82) is 0 Å². The molecular formula is C14H15ClN2O4S2. The summed E-state index contributed by atoms with van der Waals surface area (Å²) in [5.74, 6) is -0.111. The number of aryl methyl sites for hydroxylation is 1. The normalized spacial score (nSPS) is 11.3. The molecule has 1 aromatic heterocycles. The lowest BCUT2D eigenvalue weighted by Gasteiger charge is -2.12. The Labute approximate surface area is 143 Å². The van der Waals surface area contributed by atoms with Gasteiger partial charge in [-0.25, -0.2) is 13.1 Å². The zero-order chi connectivity index (χ0) is 17.0. The van der Waals surface area contributed by atoms with Crippen molar-refractivity contribution < 1.29 is 17.9 Å². The molecule has 0 aliphatic rings. The lowest BCUT2D eigenvalue weighted by Crippen LogP contribution is -2.32. The quantitative estimate of drug-likeness (QED) is 0.814. The zero-order valence-electron chi connectivity index (χ0n) is 12.4. The Morgan fingerprint density at radius 2 is 2.13 bits per heavy atom. The van der Waals surface area contributed by atoms with E-state index in [4.69, 9.17) is 16.3 Å². The molecule has 0 aliphatic heterocycles. The van der Waals surface area contributed by atoms with E-state index < -0.39 is 15.9 Å². The number of nitrogens with one attached hydrogen (secondary N) is 2. The third kappa shape index (κ3) is 4.44. The summed E-state index contributed by atoms with van der Waals surface area (Å²) in [5.41, 5.74) is 1.19. The number of hydrogen-bond donors (Lipinski definition) is 2. The van der Waals surface area contributed by atoms with E-state index in [1.165, 1.54) is 13.2 Å². The summed E-state index contributed by atoms with van der Waals surface area (Å²) < 4.78 is 31.5. The summed E-state index contributed by atoms with van der Waals surface area (Å²) in [6.07, 6.45) is 0. The number of hydrogen-bond acceptors (Lipinski definition) is 5. The van der Waals surface area contributed by atoms with Gasteiger partial charge >= 0.3 is 0 Å². The van der Waals surface area contributed by atoms with E-state index in [1.54, 1.807) is 30.5 Å². The van der Waals surface area contributed by atoms with Crippen molar-refractivity contribution in [2.75, 3.05) is 19.0 Å². The minimum Gasteiger partial charge on any atom is -0.495 e.